The Hall–Kier alpha value is -2.34. The van der Waals surface area contributed by atoms with Crippen molar-refractivity contribution in [3.63, 3.8) is 0 Å². The fourth-order valence-corrected chi connectivity index (χ4v) is 2.83. The number of carbonyl (C=O) groups is 2. The first kappa shape index (κ1) is 18.0. The molecule has 0 fully saturated rings. The standard InChI is InChI=1S/C18H19BrN2O3/c1-24-16-7-5-12(10-15(16)19)6-8-17(22)21-11-13-3-2-4-14(9-13)18(20)23/h2-5,7,9-10H,6,8,11H2,1H3,(H2,20,23)(H,21,22). The molecule has 5 nitrogen and oxygen atoms in total. The highest BCUT2D eigenvalue weighted by atomic mass is 79.9. The van der Waals surface area contributed by atoms with Gasteiger partial charge in [0.15, 0.2) is 0 Å². The Bertz CT molecular complexity index is 747. The first-order valence-electron chi connectivity index (χ1n) is 7.47. The summed E-state index contributed by atoms with van der Waals surface area (Å²) in [5.74, 6) is 0.234. The monoisotopic (exact) mass is 390 g/mol. The zero-order valence-corrected chi connectivity index (χ0v) is 14.9. The van der Waals surface area contributed by atoms with Crippen molar-refractivity contribution in [3.05, 3.63) is 63.6 Å². The summed E-state index contributed by atoms with van der Waals surface area (Å²) in [6, 6.07) is 12.7. The highest BCUT2D eigenvalue weighted by Gasteiger charge is 2.06. The molecule has 2 aromatic carbocycles. The quantitative estimate of drug-likeness (QED) is 0.762. The van der Waals surface area contributed by atoms with Gasteiger partial charge < -0.3 is 15.8 Å². The van der Waals surface area contributed by atoms with Crippen molar-refractivity contribution in [2.45, 2.75) is 19.4 Å². The second-order valence-electron chi connectivity index (χ2n) is 5.31. The summed E-state index contributed by atoms with van der Waals surface area (Å²) < 4.78 is 6.05. The lowest BCUT2D eigenvalue weighted by Gasteiger charge is -2.08. The van der Waals surface area contributed by atoms with Crippen molar-refractivity contribution in [3.8, 4) is 5.75 Å². The van der Waals surface area contributed by atoms with E-state index in [2.05, 4.69) is 21.2 Å². The van der Waals surface area contributed by atoms with E-state index in [1.807, 2.05) is 24.3 Å². The fraction of sp³-hybridized carbons (Fsp3) is 0.222. The van der Waals surface area contributed by atoms with Crippen molar-refractivity contribution >= 4 is 27.7 Å². The average Bonchev–Trinajstić information content (AvgIpc) is 2.58. The van der Waals surface area contributed by atoms with Crippen molar-refractivity contribution in [2.24, 2.45) is 5.73 Å². The first-order chi connectivity index (χ1) is 11.5. The Morgan fingerprint density at radius 1 is 1.17 bits per heavy atom. The van der Waals surface area contributed by atoms with Crippen LogP contribution in [-0.4, -0.2) is 18.9 Å². The Labute approximate surface area is 149 Å². The van der Waals surface area contributed by atoms with Gasteiger partial charge in [-0.3, -0.25) is 9.59 Å². The van der Waals surface area contributed by atoms with Crippen molar-refractivity contribution in [1.82, 2.24) is 5.32 Å². The third-order valence-corrected chi connectivity index (χ3v) is 4.18. The van der Waals surface area contributed by atoms with E-state index in [9.17, 15) is 9.59 Å². The predicted molar refractivity (Wildman–Crippen MR) is 95.8 cm³/mol. The van der Waals surface area contributed by atoms with Crippen LogP contribution in [0.1, 0.15) is 27.9 Å². The van der Waals surface area contributed by atoms with Gasteiger partial charge in [0.1, 0.15) is 5.75 Å². The number of nitrogens with one attached hydrogen (secondary N) is 1. The molecule has 0 aliphatic heterocycles. The summed E-state index contributed by atoms with van der Waals surface area (Å²) in [5.41, 5.74) is 7.57. The molecule has 3 N–H and O–H groups in total. The van der Waals surface area contributed by atoms with E-state index < -0.39 is 5.91 Å². The van der Waals surface area contributed by atoms with Crippen LogP contribution in [0.5, 0.6) is 5.75 Å². The molecule has 2 amide bonds. The van der Waals surface area contributed by atoms with Crippen LogP contribution in [0, 0.1) is 0 Å². The number of carbonyl (C=O) groups excluding carboxylic acids is 2. The maximum Gasteiger partial charge on any atom is 0.248 e. The number of nitrogens with two attached hydrogens (primary N) is 1. The number of primary amides is 1. The lowest BCUT2D eigenvalue weighted by molar-refractivity contribution is -0.121. The SMILES string of the molecule is COc1ccc(CCC(=O)NCc2cccc(C(N)=O)c2)cc1Br. The summed E-state index contributed by atoms with van der Waals surface area (Å²) in [4.78, 5) is 23.1. The number of halogens is 1. The van der Waals surface area contributed by atoms with E-state index in [1.165, 1.54) is 0 Å². The molecule has 0 spiro atoms. The average molecular weight is 391 g/mol. The molecule has 0 aromatic heterocycles. The number of benzene rings is 2. The van der Waals surface area contributed by atoms with Crippen LogP contribution in [0.2, 0.25) is 0 Å². The number of ether oxygens (including phenoxy) is 1. The van der Waals surface area contributed by atoms with Crippen LogP contribution in [0.25, 0.3) is 0 Å². The molecule has 0 bridgehead atoms. The molecule has 2 aromatic rings. The third-order valence-electron chi connectivity index (χ3n) is 3.56. The zero-order valence-electron chi connectivity index (χ0n) is 13.3. The second kappa shape index (κ2) is 8.49. The van der Waals surface area contributed by atoms with E-state index in [4.69, 9.17) is 10.5 Å². The normalized spacial score (nSPS) is 10.2. The minimum absolute atomic E-state index is 0.0496. The van der Waals surface area contributed by atoms with Crippen LogP contribution in [0.15, 0.2) is 46.9 Å². The molecule has 0 aliphatic carbocycles. The third kappa shape index (κ3) is 5.09. The Morgan fingerprint density at radius 3 is 2.62 bits per heavy atom. The molecule has 0 atom stereocenters. The Kier molecular flexibility index (Phi) is 6.37. The molecule has 6 heteroatoms. The number of amides is 2. The van der Waals surface area contributed by atoms with Gasteiger partial charge in [0.25, 0.3) is 0 Å². The van der Waals surface area contributed by atoms with E-state index >= 15 is 0 Å². The van der Waals surface area contributed by atoms with Crippen LogP contribution in [0.3, 0.4) is 0 Å². The van der Waals surface area contributed by atoms with Gasteiger partial charge in [-0.05, 0) is 57.7 Å². The predicted octanol–water partition coefficient (Wildman–Crippen LogP) is 2.81. The van der Waals surface area contributed by atoms with Gasteiger partial charge in [0.2, 0.25) is 11.8 Å². The number of hydrogen-bond donors (Lipinski definition) is 2. The minimum Gasteiger partial charge on any atom is -0.496 e. The smallest absolute Gasteiger partial charge is 0.248 e. The molecule has 126 valence electrons. The van der Waals surface area contributed by atoms with Gasteiger partial charge in [-0.15, -0.1) is 0 Å². The molecular weight excluding hydrogens is 372 g/mol. The maximum atomic E-state index is 12.0. The second-order valence-corrected chi connectivity index (χ2v) is 6.16. The van der Waals surface area contributed by atoms with Gasteiger partial charge in [-0.2, -0.15) is 0 Å². The summed E-state index contributed by atoms with van der Waals surface area (Å²) in [5, 5.41) is 2.85. The van der Waals surface area contributed by atoms with Crippen LogP contribution < -0.4 is 15.8 Å². The van der Waals surface area contributed by atoms with E-state index in [0.717, 1.165) is 21.3 Å². The van der Waals surface area contributed by atoms with E-state index in [-0.39, 0.29) is 5.91 Å². The Morgan fingerprint density at radius 2 is 1.96 bits per heavy atom. The lowest BCUT2D eigenvalue weighted by atomic mass is 10.1. The van der Waals surface area contributed by atoms with Gasteiger partial charge in [0, 0.05) is 18.5 Å². The van der Waals surface area contributed by atoms with Gasteiger partial charge in [0.05, 0.1) is 11.6 Å². The highest BCUT2D eigenvalue weighted by Crippen LogP contribution is 2.25. The molecule has 0 unspecified atom stereocenters. The largest absolute Gasteiger partial charge is 0.496 e. The fourth-order valence-electron chi connectivity index (χ4n) is 2.25. The van der Waals surface area contributed by atoms with E-state index in [0.29, 0.717) is 24.9 Å². The topological polar surface area (TPSA) is 81.4 Å². The molecule has 0 aliphatic rings. The summed E-state index contributed by atoms with van der Waals surface area (Å²) in [6.07, 6.45) is 1.02. The molecule has 24 heavy (non-hydrogen) atoms. The minimum atomic E-state index is -0.478. The van der Waals surface area contributed by atoms with E-state index in [1.54, 1.807) is 25.3 Å². The molecule has 0 saturated carbocycles. The molecule has 0 saturated heterocycles. The number of rotatable bonds is 7. The number of aryl methyl sites for hydroxylation is 1. The summed E-state index contributed by atoms with van der Waals surface area (Å²) in [6.45, 7) is 0.367. The molecule has 0 radical (unpaired) electrons. The number of methoxy groups -OCH3 is 1. The van der Waals surface area contributed by atoms with Crippen molar-refractivity contribution in [1.29, 1.82) is 0 Å². The van der Waals surface area contributed by atoms with Crippen molar-refractivity contribution in [2.75, 3.05) is 7.11 Å². The lowest BCUT2D eigenvalue weighted by Crippen LogP contribution is -2.23. The Balaban J connectivity index is 1.84. The molecule has 2 rings (SSSR count). The van der Waals surface area contributed by atoms with Gasteiger partial charge in [-0.25, -0.2) is 0 Å². The number of hydrogen-bond acceptors (Lipinski definition) is 3. The van der Waals surface area contributed by atoms with Crippen LogP contribution >= 0.6 is 15.9 Å². The first-order valence-corrected chi connectivity index (χ1v) is 8.26. The summed E-state index contributed by atoms with van der Waals surface area (Å²) in [7, 11) is 1.61. The molecular formula is C18H19BrN2O3. The summed E-state index contributed by atoms with van der Waals surface area (Å²) >= 11 is 3.43. The van der Waals surface area contributed by atoms with Crippen LogP contribution in [0.4, 0.5) is 0 Å². The molecule has 0 heterocycles. The van der Waals surface area contributed by atoms with Crippen LogP contribution in [-0.2, 0) is 17.8 Å². The highest BCUT2D eigenvalue weighted by molar-refractivity contribution is 9.10. The van der Waals surface area contributed by atoms with Gasteiger partial charge >= 0.3 is 0 Å². The maximum absolute atomic E-state index is 12.0. The van der Waals surface area contributed by atoms with Crippen molar-refractivity contribution < 1.29 is 14.3 Å². The zero-order chi connectivity index (χ0) is 17.5. The van der Waals surface area contributed by atoms with Gasteiger partial charge in [-0.1, -0.05) is 18.2 Å².